The van der Waals surface area contributed by atoms with Gasteiger partial charge in [0, 0.05) is 13.1 Å². The van der Waals surface area contributed by atoms with Gasteiger partial charge in [-0.25, -0.2) is 17.8 Å². The molecule has 1 aliphatic heterocycles. The molecule has 0 spiro atoms. The van der Waals surface area contributed by atoms with Crippen LogP contribution in [0.15, 0.2) is 39.9 Å². The fourth-order valence-electron chi connectivity index (χ4n) is 3.84. The Bertz CT molecular complexity index is 1190. The third-order valence-electron chi connectivity index (χ3n) is 5.39. The van der Waals surface area contributed by atoms with Crippen LogP contribution in [0.1, 0.15) is 19.3 Å². The lowest BCUT2D eigenvalue weighted by Crippen LogP contribution is -2.48. The minimum absolute atomic E-state index is 0.229. The largest absolute Gasteiger partial charge is 0.309 e. The van der Waals surface area contributed by atoms with Gasteiger partial charge >= 0.3 is 0 Å². The number of hydrogen-bond donors (Lipinski definition) is 0. The monoisotopic (exact) mass is 496 g/mol. The molecule has 0 bridgehead atoms. The first-order valence-electron chi connectivity index (χ1n) is 10.4. The van der Waals surface area contributed by atoms with Crippen molar-refractivity contribution in [2.45, 2.75) is 29.5 Å². The highest BCUT2D eigenvalue weighted by atomic mass is 32.2. The second kappa shape index (κ2) is 9.52. The van der Waals surface area contributed by atoms with Gasteiger partial charge in [0.2, 0.25) is 5.91 Å². The molecule has 1 aliphatic rings. The number of para-hydroxylation sites is 1. The summed E-state index contributed by atoms with van der Waals surface area (Å²) in [7, 11) is 0.148. The van der Waals surface area contributed by atoms with E-state index in [1.807, 2.05) is 19.0 Å². The van der Waals surface area contributed by atoms with Crippen LogP contribution >= 0.6 is 22.7 Å². The molecule has 172 valence electrons. The van der Waals surface area contributed by atoms with Crippen LogP contribution in [0.4, 0.5) is 9.52 Å². The van der Waals surface area contributed by atoms with E-state index in [1.165, 1.54) is 21.7 Å². The van der Waals surface area contributed by atoms with E-state index in [4.69, 9.17) is 0 Å². The van der Waals surface area contributed by atoms with Gasteiger partial charge in [-0.15, -0.1) is 11.3 Å². The van der Waals surface area contributed by atoms with Crippen molar-refractivity contribution in [1.82, 2.24) is 14.2 Å². The molecule has 0 N–H and O–H groups in total. The first kappa shape index (κ1) is 23.2. The number of anilines is 1. The van der Waals surface area contributed by atoms with Crippen molar-refractivity contribution in [2.75, 3.05) is 38.6 Å². The highest BCUT2D eigenvalue weighted by molar-refractivity contribution is 7.91. The van der Waals surface area contributed by atoms with Gasteiger partial charge in [0.15, 0.2) is 5.13 Å². The predicted molar refractivity (Wildman–Crippen MR) is 126 cm³/mol. The summed E-state index contributed by atoms with van der Waals surface area (Å²) in [4.78, 5) is 21.7. The fraction of sp³-hybridized carbons (Fsp3) is 0.429. The Kier molecular flexibility index (Phi) is 6.91. The van der Waals surface area contributed by atoms with E-state index in [1.54, 1.807) is 34.5 Å². The number of thiophene rings is 1. The molecular formula is C21H25FN4O3S3. The van der Waals surface area contributed by atoms with Crippen molar-refractivity contribution in [3.05, 3.63) is 41.5 Å². The molecule has 1 saturated heterocycles. The Labute approximate surface area is 195 Å². The van der Waals surface area contributed by atoms with Crippen molar-refractivity contribution < 1.29 is 17.6 Å². The summed E-state index contributed by atoms with van der Waals surface area (Å²) in [6.07, 6.45) is 1.75. The number of amides is 1. The van der Waals surface area contributed by atoms with Crippen LogP contribution in [-0.2, 0) is 14.8 Å². The normalized spacial score (nSPS) is 17.4. The summed E-state index contributed by atoms with van der Waals surface area (Å²) in [6.45, 7) is 1.43. The summed E-state index contributed by atoms with van der Waals surface area (Å²) in [6, 6.07) is 7.18. The molecule has 1 amide bonds. The number of rotatable bonds is 8. The number of sulfonamides is 1. The van der Waals surface area contributed by atoms with E-state index in [9.17, 15) is 17.6 Å². The molecule has 1 aromatic carbocycles. The lowest BCUT2D eigenvalue weighted by Gasteiger charge is -2.28. The lowest BCUT2D eigenvalue weighted by atomic mass is 10.2. The summed E-state index contributed by atoms with van der Waals surface area (Å²) in [5.41, 5.74) is 0.229. The number of aromatic nitrogens is 1. The second-order valence-electron chi connectivity index (χ2n) is 7.94. The van der Waals surface area contributed by atoms with Crippen LogP contribution in [-0.4, -0.2) is 68.3 Å². The van der Waals surface area contributed by atoms with E-state index in [2.05, 4.69) is 4.98 Å². The average Bonchev–Trinajstić information content (AvgIpc) is 3.51. The summed E-state index contributed by atoms with van der Waals surface area (Å²) in [5.74, 6) is -0.741. The summed E-state index contributed by atoms with van der Waals surface area (Å²) in [5, 5.41) is 2.11. The summed E-state index contributed by atoms with van der Waals surface area (Å²) < 4.78 is 42.8. The number of nitrogens with zero attached hydrogens (tertiary/aromatic N) is 4. The number of carbonyl (C=O) groups excluding carboxylic acids is 1. The van der Waals surface area contributed by atoms with Gasteiger partial charge in [-0.2, -0.15) is 4.31 Å². The zero-order valence-corrected chi connectivity index (χ0v) is 20.3. The van der Waals surface area contributed by atoms with E-state index in [0.29, 0.717) is 42.2 Å². The Hall–Kier alpha value is -1.92. The van der Waals surface area contributed by atoms with Gasteiger partial charge in [-0.3, -0.25) is 9.69 Å². The second-order valence-corrected chi connectivity index (χ2v) is 12.0. The average molecular weight is 497 g/mol. The quantitative estimate of drug-likeness (QED) is 0.476. The van der Waals surface area contributed by atoms with Crippen molar-refractivity contribution >= 4 is 54.0 Å². The number of fused-ring (bicyclic) bond motifs is 1. The Balaban J connectivity index is 1.66. The van der Waals surface area contributed by atoms with Crippen LogP contribution in [0, 0.1) is 5.82 Å². The van der Waals surface area contributed by atoms with Crippen LogP contribution in [0.5, 0.6) is 0 Å². The molecule has 0 aliphatic carbocycles. The molecule has 1 unspecified atom stereocenters. The zero-order chi connectivity index (χ0) is 22.9. The van der Waals surface area contributed by atoms with E-state index in [0.717, 1.165) is 17.9 Å². The Morgan fingerprint density at radius 3 is 2.75 bits per heavy atom. The highest BCUT2D eigenvalue weighted by Crippen LogP contribution is 2.34. The van der Waals surface area contributed by atoms with E-state index < -0.39 is 21.9 Å². The SMILES string of the molecule is CN(C)CCCN(C(=O)C1CCCN1S(=O)(=O)c1cccs1)c1nc2c(F)cccc2s1. The van der Waals surface area contributed by atoms with Crippen LogP contribution in [0.25, 0.3) is 10.2 Å². The number of hydrogen-bond acceptors (Lipinski definition) is 7. The van der Waals surface area contributed by atoms with Crippen LogP contribution in [0.3, 0.4) is 0 Å². The molecule has 4 rings (SSSR count). The molecular weight excluding hydrogens is 471 g/mol. The molecule has 3 heterocycles. The van der Waals surface area contributed by atoms with Crippen molar-refractivity contribution in [3.63, 3.8) is 0 Å². The first-order valence-corrected chi connectivity index (χ1v) is 13.5. The van der Waals surface area contributed by atoms with Gasteiger partial charge in [0.05, 0.1) is 4.70 Å². The fourth-order valence-corrected chi connectivity index (χ4v) is 7.63. The molecule has 7 nitrogen and oxygen atoms in total. The lowest BCUT2D eigenvalue weighted by molar-refractivity contribution is -0.121. The van der Waals surface area contributed by atoms with Crippen LogP contribution < -0.4 is 4.90 Å². The number of thiazole rings is 1. The standard InChI is InChI=1S/C21H25FN4O3S3/c1-24(2)11-6-12-25(21-23-19-15(22)7-3-9-17(19)31-21)20(27)16-8-4-13-26(16)32(28,29)18-10-5-14-30-18/h3,5,7,9-10,14,16H,4,6,8,11-13H2,1-2H3. The maximum Gasteiger partial charge on any atom is 0.253 e. The minimum Gasteiger partial charge on any atom is -0.309 e. The Morgan fingerprint density at radius 1 is 1.25 bits per heavy atom. The summed E-state index contributed by atoms with van der Waals surface area (Å²) >= 11 is 2.39. The minimum atomic E-state index is -3.75. The number of carbonyl (C=O) groups is 1. The smallest absolute Gasteiger partial charge is 0.253 e. The number of benzene rings is 1. The van der Waals surface area contributed by atoms with Gasteiger partial charge in [-0.1, -0.05) is 23.5 Å². The third kappa shape index (κ3) is 4.58. The van der Waals surface area contributed by atoms with Crippen molar-refractivity contribution in [2.24, 2.45) is 0 Å². The molecule has 2 aromatic heterocycles. The topological polar surface area (TPSA) is 73.8 Å². The van der Waals surface area contributed by atoms with Crippen LogP contribution in [0.2, 0.25) is 0 Å². The van der Waals surface area contributed by atoms with E-state index >= 15 is 0 Å². The molecule has 3 aromatic rings. The molecule has 11 heteroatoms. The molecule has 1 atom stereocenters. The maximum absolute atomic E-state index is 14.2. The predicted octanol–water partition coefficient (Wildman–Crippen LogP) is 3.63. The zero-order valence-electron chi connectivity index (χ0n) is 17.9. The molecule has 1 fully saturated rings. The Morgan fingerprint density at radius 2 is 2.06 bits per heavy atom. The number of halogens is 1. The van der Waals surface area contributed by atoms with Crippen molar-refractivity contribution in [3.8, 4) is 0 Å². The maximum atomic E-state index is 14.2. The first-order chi connectivity index (χ1) is 15.3. The van der Waals surface area contributed by atoms with Gasteiger partial charge in [0.1, 0.15) is 21.6 Å². The van der Waals surface area contributed by atoms with Gasteiger partial charge < -0.3 is 4.90 Å². The van der Waals surface area contributed by atoms with Gasteiger partial charge in [0.25, 0.3) is 10.0 Å². The van der Waals surface area contributed by atoms with E-state index in [-0.39, 0.29) is 15.6 Å². The molecule has 0 radical (unpaired) electrons. The molecule has 32 heavy (non-hydrogen) atoms. The molecule has 0 saturated carbocycles. The third-order valence-corrected chi connectivity index (χ3v) is 9.71. The highest BCUT2D eigenvalue weighted by Gasteiger charge is 2.42. The van der Waals surface area contributed by atoms with Gasteiger partial charge in [-0.05, 0) is 63.5 Å². The van der Waals surface area contributed by atoms with Crippen molar-refractivity contribution in [1.29, 1.82) is 0 Å².